The van der Waals surface area contributed by atoms with Crippen molar-refractivity contribution in [3.63, 3.8) is 0 Å². The zero-order valence-electron chi connectivity index (χ0n) is 21.3. The zero-order valence-corrected chi connectivity index (χ0v) is 21.3. The number of nitrogen functional groups attached to an aromatic ring is 1. The molecule has 13 heteroatoms. The number of hydrogen-bond acceptors (Lipinski definition) is 10. The number of pyridine rings is 1. The maximum Gasteiger partial charge on any atom is 0.296 e. The highest BCUT2D eigenvalue weighted by Crippen LogP contribution is 2.31. The fourth-order valence-corrected chi connectivity index (χ4v) is 4.27. The van der Waals surface area contributed by atoms with Crippen LogP contribution < -0.4 is 16.0 Å². The van der Waals surface area contributed by atoms with Crippen molar-refractivity contribution in [1.29, 1.82) is 0 Å². The van der Waals surface area contributed by atoms with Gasteiger partial charge in [-0.2, -0.15) is 15.0 Å². The average molecular weight is 525 g/mol. The molecule has 1 fully saturated rings. The summed E-state index contributed by atoms with van der Waals surface area (Å²) in [6, 6.07) is 8.63. The highest BCUT2D eigenvalue weighted by molar-refractivity contribution is 5.78. The summed E-state index contributed by atoms with van der Waals surface area (Å²) in [6.07, 6.45) is -0.391. The summed E-state index contributed by atoms with van der Waals surface area (Å²) in [4.78, 5) is 26.7. The minimum Gasteiger partial charge on any atom is -0.397 e. The van der Waals surface area contributed by atoms with Crippen LogP contribution in [0.3, 0.4) is 0 Å². The number of nitrogens with zero attached hydrogens (tertiary/aromatic N) is 8. The number of aromatic nitrogens is 6. The van der Waals surface area contributed by atoms with Gasteiger partial charge in [-0.3, -0.25) is 4.57 Å². The molecule has 38 heavy (non-hydrogen) atoms. The van der Waals surface area contributed by atoms with E-state index in [4.69, 9.17) is 15.5 Å². The summed E-state index contributed by atoms with van der Waals surface area (Å²) in [6.45, 7) is 3.69. The number of imidazole rings is 1. The van der Waals surface area contributed by atoms with Crippen LogP contribution >= 0.6 is 0 Å². The van der Waals surface area contributed by atoms with Gasteiger partial charge in [0.05, 0.1) is 41.7 Å². The van der Waals surface area contributed by atoms with Crippen molar-refractivity contribution in [3.8, 4) is 17.3 Å². The topological polar surface area (TPSA) is 123 Å². The number of anilines is 3. The molecule has 4 aromatic rings. The quantitative estimate of drug-likeness (QED) is 0.316. The Morgan fingerprint density at radius 1 is 1.08 bits per heavy atom. The van der Waals surface area contributed by atoms with E-state index in [-0.39, 0.29) is 11.8 Å². The number of hydrogen-bond donors (Lipinski definition) is 2. The van der Waals surface area contributed by atoms with E-state index in [0.29, 0.717) is 66.9 Å². The van der Waals surface area contributed by atoms with Crippen molar-refractivity contribution >= 4 is 28.5 Å². The second-order valence-corrected chi connectivity index (χ2v) is 9.20. The third kappa shape index (κ3) is 5.48. The van der Waals surface area contributed by atoms with E-state index < -0.39 is 12.2 Å². The number of benzene rings is 1. The lowest BCUT2D eigenvalue weighted by Gasteiger charge is -2.27. The van der Waals surface area contributed by atoms with Gasteiger partial charge in [0.25, 0.3) is 6.43 Å². The molecule has 3 aromatic heterocycles. The summed E-state index contributed by atoms with van der Waals surface area (Å²) in [5.41, 5.74) is 7.98. The smallest absolute Gasteiger partial charge is 0.296 e. The largest absolute Gasteiger partial charge is 0.397 e. The summed E-state index contributed by atoms with van der Waals surface area (Å²) in [7, 11) is 4.03. The number of rotatable bonds is 9. The third-order valence-corrected chi connectivity index (χ3v) is 6.11. The Kier molecular flexibility index (Phi) is 7.56. The first-order valence-electron chi connectivity index (χ1n) is 12.4. The number of nitrogens with two attached hydrogens (primary N) is 1. The van der Waals surface area contributed by atoms with Crippen LogP contribution in [-0.2, 0) is 4.74 Å². The van der Waals surface area contributed by atoms with Crippen LogP contribution in [0.25, 0.3) is 28.4 Å². The SMILES string of the molecule is CN(C)CCCNc1ncc(N)cc1-c1nc(N2CCOCC2)nc(-n2c(C(F)F)nc3ccccc32)n1. The molecule has 3 N–H and O–H groups in total. The van der Waals surface area contributed by atoms with Crippen LogP contribution in [0.1, 0.15) is 18.7 Å². The van der Waals surface area contributed by atoms with Crippen LogP contribution in [0.4, 0.5) is 26.2 Å². The highest BCUT2D eigenvalue weighted by atomic mass is 19.3. The number of alkyl halides is 2. The molecule has 0 atom stereocenters. The van der Waals surface area contributed by atoms with Gasteiger partial charge in [-0.15, -0.1) is 0 Å². The van der Waals surface area contributed by atoms with Crippen LogP contribution in [0.15, 0.2) is 36.5 Å². The van der Waals surface area contributed by atoms with Crippen molar-refractivity contribution in [2.45, 2.75) is 12.8 Å². The van der Waals surface area contributed by atoms with Gasteiger partial charge >= 0.3 is 0 Å². The fraction of sp³-hybridized carbons (Fsp3) is 0.400. The Balaban J connectivity index is 1.65. The number of fused-ring (bicyclic) bond motifs is 1. The van der Waals surface area contributed by atoms with Gasteiger partial charge < -0.3 is 25.6 Å². The average Bonchev–Trinajstić information content (AvgIpc) is 3.32. The van der Waals surface area contributed by atoms with Gasteiger partial charge in [0, 0.05) is 19.6 Å². The van der Waals surface area contributed by atoms with E-state index in [0.717, 1.165) is 13.0 Å². The van der Waals surface area contributed by atoms with E-state index in [1.165, 1.54) is 4.57 Å². The highest BCUT2D eigenvalue weighted by Gasteiger charge is 2.25. The van der Waals surface area contributed by atoms with Crippen molar-refractivity contribution in [1.82, 2.24) is 34.4 Å². The standard InChI is InChI=1S/C25H30F2N10O/c1-35(2)9-5-8-29-21-17(14-16(28)15-30-21)22-32-24(36-10-12-38-13-11-36)34-25(33-22)37-19-7-4-3-6-18(19)31-23(37)20(26)27/h3-4,6-7,14-15,20H,5,8-13,28H2,1-2H3,(H,29,30). The predicted octanol–water partition coefficient (Wildman–Crippen LogP) is 2.99. The van der Waals surface area contributed by atoms with Crippen LogP contribution in [-0.4, -0.2) is 87.9 Å². The Bertz CT molecular complexity index is 1400. The van der Waals surface area contributed by atoms with Gasteiger partial charge in [0.15, 0.2) is 11.6 Å². The molecule has 0 saturated carbocycles. The first-order chi connectivity index (χ1) is 18.4. The van der Waals surface area contributed by atoms with E-state index in [2.05, 4.69) is 30.2 Å². The lowest BCUT2D eigenvalue weighted by Crippen LogP contribution is -2.37. The van der Waals surface area contributed by atoms with E-state index in [9.17, 15) is 8.78 Å². The number of nitrogens with one attached hydrogen (secondary N) is 1. The maximum atomic E-state index is 14.2. The molecule has 0 unspecified atom stereocenters. The summed E-state index contributed by atoms with van der Waals surface area (Å²) in [5.74, 6) is 0.773. The van der Waals surface area contributed by atoms with E-state index in [1.54, 1.807) is 36.5 Å². The van der Waals surface area contributed by atoms with Crippen molar-refractivity contribution < 1.29 is 13.5 Å². The van der Waals surface area contributed by atoms with Crippen LogP contribution in [0.5, 0.6) is 0 Å². The number of halogens is 2. The molecule has 1 aromatic carbocycles. The van der Waals surface area contributed by atoms with Crippen molar-refractivity contribution in [2.24, 2.45) is 0 Å². The van der Waals surface area contributed by atoms with Crippen molar-refractivity contribution in [3.05, 3.63) is 42.4 Å². The molecular weight excluding hydrogens is 494 g/mol. The summed E-state index contributed by atoms with van der Waals surface area (Å²) in [5, 5.41) is 3.34. The normalized spacial score (nSPS) is 14.1. The lowest BCUT2D eigenvalue weighted by molar-refractivity contribution is 0.122. The van der Waals surface area contributed by atoms with Gasteiger partial charge in [0.2, 0.25) is 11.9 Å². The van der Waals surface area contributed by atoms with Crippen molar-refractivity contribution in [2.75, 3.05) is 69.4 Å². The molecule has 0 amide bonds. The monoisotopic (exact) mass is 524 g/mol. The Morgan fingerprint density at radius 2 is 1.84 bits per heavy atom. The molecule has 1 aliphatic rings. The summed E-state index contributed by atoms with van der Waals surface area (Å²) < 4.78 is 35.1. The van der Waals surface area contributed by atoms with Gasteiger partial charge in [-0.25, -0.2) is 18.7 Å². The molecule has 1 aliphatic heterocycles. The van der Waals surface area contributed by atoms with Gasteiger partial charge in [-0.05, 0) is 45.3 Å². The number of morpholine rings is 1. The molecule has 200 valence electrons. The van der Waals surface area contributed by atoms with Gasteiger partial charge in [-0.1, -0.05) is 12.1 Å². The second-order valence-electron chi connectivity index (χ2n) is 9.20. The third-order valence-electron chi connectivity index (χ3n) is 6.11. The minimum atomic E-state index is -2.84. The number of para-hydroxylation sites is 2. The molecule has 5 rings (SSSR count). The zero-order chi connectivity index (χ0) is 26.6. The predicted molar refractivity (Wildman–Crippen MR) is 142 cm³/mol. The molecular formula is C25H30F2N10O. The number of ether oxygens (including phenoxy) is 1. The van der Waals surface area contributed by atoms with Gasteiger partial charge in [0.1, 0.15) is 5.82 Å². The van der Waals surface area contributed by atoms with Crippen LogP contribution in [0, 0.1) is 0 Å². The first-order valence-corrected chi connectivity index (χ1v) is 12.4. The second kappa shape index (κ2) is 11.2. The molecule has 0 spiro atoms. The van der Waals surface area contributed by atoms with E-state index >= 15 is 0 Å². The molecule has 4 heterocycles. The Hall–Kier alpha value is -3.97. The molecule has 11 nitrogen and oxygen atoms in total. The molecule has 0 aliphatic carbocycles. The lowest BCUT2D eigenvalue weighted by atomic mass is 10.2. The summed E-state index contributed by atoms with van der Waals surface area (Å²) >= 11 is 0. The minimum absolute atomic E-state index is 0.0430. The first kappa shape index (κ1) is 25.7. The maximum absolute atomic E-state index is 14.2. The van der Waals surface area contributed by atoms with Crippen LogP contribution in [0.2, 0.25) is 0 Å². The Labute approximate surface area is 218 Å². The fourth-order valence-electron chi connectivity index (χ4n) is 4.27. The molecule has 0 radical (unpaired) electrons. The molecule has 1 saturated heterocycles. The Morgan fingerprint density at radius 3 is 2.61 bits per heavy atom. The van der Waals surface area contributed by atoms with E-state index in [1.807, 2.05) is 19.0 Å². The molecule has 0 bridgehead atoms.